The average molecular weight is 276 g/mol. The summed E-state index contributed by atoms with van der Waals surface area (Å²) in [7, 11) is 1.60. The maximum atomic E-state index is 11.9. The first-order valence-electron chi connectivity index (χ1n) is 6.20. The van der Waals surface area contributed by atoms with Crippen molar-refractivity contribution in [2.24, 2.45) is 0 Å². The maximum absolute atomic E-state index is 11.9. The minimum absolute atomic E-state index is 0.0401. The predicted molar refractivity (Wildman–Crippen MR) is 74.7 cm³/mol. The molecule has 1 unspecified atom stereocenters. The summed E-state index contributed by atoms with van der Waals surface area (Å²) in [6, 6.07) is 0. The van der Waals surface area contributed by atoms with E-state index in [9.17, 15) is 9.59 Å². The van der Waals surface area contributed by atoms with Gasteiger partial charge in [-0.15, -0.1) is 11.8 Å². The van der Waals surface area contributed by atoms with Crippen LogP contribution in [-0.4, -0.2) is 49.1 Å². The third-order valence-corrected chi connectivity index (χ3v) is 3.64. The fraction of sp³-hybridized carbons (Fsp3) is 0.833. The zero-order valence-electron chi connectivity index (χ0n) is 11.7. The van der Waals surface area contributed by atoms with Crippen LogP contribution in [0.5, 0.6) is 0 Å². The molecular weight excluding hydrogens is 252 g/mol. The molecule has 0 aliphatic rings. The molecule has 0 aromatic carbocycles. The van der Waals surface area contributed by atoms with Crippen LogP contribution in [0.15, 0.2) is 0 Å². The summed E-state index contributed by atoms with van der Waals surface area (Å²) in [6.07, 6.45) is 0.940. The Morgan fingerprint density at radius 2 is 2.00 bits per heavy atom. The van der Waals surface area contributed by atoms with Gasteiger partial charge in [-0.25, -0.2) is 0 Å². The third-order valence-electron chi connectivity index (χ3n) is 2.39. The number of hydrogen-bond donors (Lipinski definition) is 2. The predicted octanol–water partition coefficient (Wildman–Crippen LogP) is 0.787. The molecule has 0 fully saturated rings. The van der Waals surface area contributed by atoms with E-state index in [1.54, 1.807) is 14.0 Å². The molecule has 0 aromatic rings. The SMILES string of the molecule is CCCNC(C)(CSCC(=O)NC)C(=O)OCC. The number of esters is 1. The van der Waals surface area contributed by atoms with E-state index >= 15 is 0 Å². The van der Waals surface area contributed by atoms with Gasteiger partial charge in [0, 0.05) is 12.8 Å². The summed E-state index contributed by atoms with van der Waals surface area (Å²) >= 11 is 1.42. The Labute approximate surface area is 113 Å². The van der Waals surface area contributed by atoms with Gasteiger partial charge in [0.15, 0.2) is 0 Å². The third kappa shape index (κ3) is 6.26. The van der Waals surface area contributed by atoms with E-state index < -0.39 is 5.54 Å². The highest BCUT2D eigenvalue weighted by atomic mass is 32.2. The summed E-state index contributed by atoms with van der Waals surface area (Å²) in [5.41, 5.74) is -0.731. The van der Waals surface area contributed by atoms with Gasteiger partial charge in [-0.2, -0.15) is 0 Å². The first-order chi connectivity index (χ1) is 8.50. The van der Waals surface area contributed by atoms with E-state index in [0.717, 1.165) is 13.0 Å². The summed E-state index contributed by atoms with van der Waals surface area (Å²) in [5.74, 6) is 0.558. The number of amides is 1. The van der Waals surface area contributed by atoms with E-state index in [1.165, 1.54) is 11.8 Å². The summed E-state index contributed by atoms with van der Waals surface area (Å²) < 4.78 is 5.07. The largest absolute Gasteiger partial charge is 0.465 e. The summed E-state index contributed by atoms with van der Waals surface area (Å²) in [6.45, 7) is 6.75. The van der Waals surface area contributed by atoms with Gasteiger partial charge < -0.3 is 15.4 Å². The zero-order valence-corrected chi connectivity index (χ0v) is 12.5. The molecule has 0 saturated heterocycles. The van der Waals surface area contributed by atoms with Crippen molar-refractivity contribution < 1.29 is 14.3 Å². The number of ether oxygens (including phenoxy) is 1. The molecule has 0 saturated carbocycles. The van der Waals surface area contributed by atoms with Gasteiger partial charge in [0.2, 0.25) is 5.91 Å². The molecule has 0 bridgehead atoms. The van der Waals surface area contributed by atoms with E-state index in [0.29, 0.717) is 18.1 Å². The van der Waals surface area contributed by atoms with Crippen molar-refractivity contribution in [3.63, 3.8) is 0 Å². The fourth-order valence-corrected chi connectivity index (χ4v) is 2.35. The van der Waals surface area contributed by atoms with Crippen LogP contribution in [0.25, 0.3) is 0 Å². The molecule has 0 radical (unpaired) electrons. The molecule has 0 aliphatic heterocycles. The molecular formula is C12H24N2O3S. The Balaban J connectivity index is 4.36. The van der Waals surface area contributed by atoms with Crippen LogP contribution >= 0.6 is 11.8 Å². The van der Waals surface area contributed by atoms with Crippen molar-refractivity contribution in [2.45, 2.75) is 32.7 Å². The van der Waals surface area contributed by atoms with Crippen molar-refractivity contribution in [1.82, 2.24) is 10.6 Å². The second kappa shape index (κ2) is 9.22. The number of rotatable bonds is 9. The normalized spacial score (nSPS) is 13.8. The number of nitrogens with one attached hydrogen (secondary N) is 2. The Morgan fingerprint density at radius 1 is 1.33 bits per heavy atom. The van der Waals surface area contributed by atoms with Crippen LogP contribution < -0.4 is 10.6 Å². The van der Waals surface area contributed by atoms with Crippen molar-refractivity contribution in [1.29, 1.82) is 0 Å². The molecule has 6 heteroatoms. The highest BCUT2D eigenvalue weighted by Gasteiger charge is 2.34. The van der Waals surface area contributed by atoms with Crippen LogP contribution in [0.1, 0.15) is 27.2 Å². The number of carbonyl (C=O) groups excluding carboxylic acids is 2. The molecule has 18 heavy (non-hydrogen) atoms. The van der Waals surface area contributed by atoms with Crippen molar-refractivity contribution >= 4 is 23.6 Å². The van der Waals surface area contributed by atoms with Gasteiger partial charge in [0.05, 0.1) is 12.4 Å². The average Bonchev–Trinajstić information content (AvgIpc) is 2.36. The highest BCUT2D eigenvalue weighted by Crippen LogP contribution is 2.15. The lowest BCUT2D eigenvalue weighted by atomic mass is 10.1. The molecule has 106 valence electrons. The van der Waals surface area contributed by atoms with Crippen LogP contribution in [0, 0.1) is 0 Å². The summed E-state index contributed by atoms with van der Waals surface area (Å²) in [5, 5.41) is 5.75. The monoisotopic (exact) mass is 276 g/mol. The van der Waals surface area contributed by atoms with Crippen LogP contribution in [0.2, 0.25) is 0 Å². The summed E-state index contributed by atoms with van der Waals surface area (Å²) in [4.78, 5) is 23.1. The topological polar surface area (TPSA) is 67.4 Å². The zero-order chi connectivity index (χ0) is 14.0. The van der Waals surface area contributed by atoms with Crippen LogP contribution in [0.3, 0.4) is 0 Å². The van der Waals surface area contributed by atoms with Crippen LogP contribution in [0.4, 0.5) is 0 Å². The first kappa shape index (κ1) is 17.2. The van der Waals surface area contributed by atoms with E-state index in [2.05, 4.69) is 10.6 Å². The van der Waals surface area contributed by atoms with Gasteiger partial charge in [-0.1, -0.05) is 6.92 Å². The quantitative estimate of drug-likeness (QED) is 0.609. The molecule has 0 aromatic heterocycles. The minimum atomic E-state index is -0.731. The van der Waals surface area contributed by atoms with E-state index in [4.69, 9.17) is 4.74 Å². The molecule has 1 atom stereocenters. The second-order valence-corrected chi connectivity index (χ2v) is 5.13. The number of hydrogen-bond acceptors (Lipinski definition) is 5. The second-order valence-electron chi connectivity index (χ2n) is 4.15. The van der Waals surface area contributed by atoms with Gasteiger partial charge in [-0.05, 0) is 26.8 Å². The van der Waals surface area contributed by atoms with Crippen molar-refractivity contribution in [3.8, 4) is 0 Å². The van der Waals surface area contributed by atoms with Gasteiger partial charge >= 0.3 is 5.97 Å². The van der Waals surface area contributed by atoms with Gasteiger partial charge in [0.1, 0.15) is 5.54 Å². The highest BCUT2D eigenvalue weighted by molar-refractivity contribution is 8.00. The smallest absolute Gasteiger partial charge is 0.326 e. The van der Waals surface area contributed by atoms with Crippen molar-refractivity contribution in [2.75, 3.05) is 31.7 Å². The Bertz CT molecular complexity index is 274. The molecule has 0 heterocycles. The molecule has 0 aliphatic carbocycles. The molecule has 0 rings (SSSR count). The standard InChI is InChI=1S/C12H24N2O3S/c1-5-7-14-12(3,11(16)17-6-2)9-18-8-10(15)13-4/h14H,5-9H2,1-4H3,(H,13,15). The fourth-order valence-electron chi connectivity index (χ4n) is 1.29. The molecule has 1 amide bonds. The number of thioether (sulfide) groups is 1. The Hall–Kier alpha value is -0.750. The van der Waals surface area contributed by atoms with Crippen LogP contribution in [-0.2, 0) is 14.3 Å². The minimum Gasteiger partial charge on any atom is -0.465 e. The maximum Gasteiger partial charge on any atom is 0.326 e. The molecule has 2 N–H and O–H groups in total. The van der Waals surface area contributed by atoms with Crippen molar-refractivity contribution in [3.05, 3.63) is 0 Å². The lowest BCUT2D eigenvalue weighted by molar-refractivity contribution is -0.149. The van der Waals surface area contributed by atoms with Gasteiger partial charge in [0.25, 0.3) is 0 Å². The lowest BCUT2D eigenvalue weighted by Gasteiger charge is -2.28. The first-order valence-corrected chi connectivity index (χ1v) is 7.36. The van der Waals surface area contributed by atoms with Gasteiger partial charge in [-0.3, -0.25) is 9.59 Å². The molecule has 5 nitrogen and oxygen atoms in total. The van der Waals surface area contributed by atoms with E-state index in [-0.39, 0.29) is 11.9 Å². The number of carbonyl (C=O) groups is 2. The van der Waals surface area contributed by atoms with E-state index in [1.807, 2.05) is 13.8 Å². The lowest BCUT2D eigenvalue weighted by Crippen LogP contribution is -2.53. The Morgan fingerprint density at radius 3 is 2.50 bits per heavy atom. The molecule has 0 spiro atoms. The Kier molecular flexibility index (Phi) is 8.83.